The van der Waals surface area contributed by atoms with E-state index in [0.29, 0.717) is 5.92 Å². The molecule has 1 aromatic carbocycles. The number of aromatic carboxylic acids is 1. The zero-order chi connectivity index (χ0) is 14.9. The molecule has 0 radical (unpaired) electrons. The van der Waals surface area contributed by atoms with Gasteiger partial charge in [-0.15, -0.1) is 0 Å². The largest absolute Gasteiger partial charge is 0.478 e. The number of hydrogen-bond donors (Lipinski definition) is 2. The lowest BCUT2D eigenvalue weighted by atomic mass is 10.2. The quantitative estimate of drug-likeness (QED) is 0.841. The number of rotatable bonds is 6. The van der Waals surface area contributed by atoms with Crippen LogP contribution in [0.25, 0.3) is 0 Å². The van der Waals surface area contributed by atoms with Crippen molar-refractivity contribution in [3.63, 3.8) is 0 Å². The number of carbonyl (C=O) groups is 1. The highest BCUT2D eigenvalue weighted by Crippen LogP contribution is 2.33. The van der Waals surface area contributed by atoms with Crippen molar-refractivity contribution in [2.75, 3.05) is 0 Å². The molecular weight excluding hydrogens is 285 g/mol. The Bertz CT molecular complexity index is 625. The highest BCUT2D eigenvalue weighted by Gasteiger charge is 2.26. The molecule has 0 aromatic heterocycles. The van der Waals surface area contributed by atoms with Gasteiger partial charge in [-0.3, -0.25) is 0 Å². The molecule has 0 spiro atoms. The predicted molar refractivity (Wildman–Crippen MR) is 70.5 cm³/mol. The Morgan fingerprint density at radius 3 is 2.70 bits per heavy atom. The Morgan fingerprint density at radius 2 is 2.15 bits per heavy atom. The smallest absolute Gasteiger partial charge is 0.338 e. The van der Waals surface area contributed by atoms with Gasteiger partial charge >= 0.3 is 5.97 Å². The van der Waals surface area contributed by atoms with Gasteiger partial charge in [0.05, 0.1) is 10.5 Å². The molecule has 1 atom stereocenters. The summed E-state index contributed by atoms with van der Waals surface area (Å²) in [6.45, 7) is 1.76. The first-order valence-corrected chi connectivity index (χ1v) is 7.83. The molecule has 7 heteroatoms. The van der Waals surface area contributed by atoms with Gasteiger partial charge in [-0.2, -0.15) is 0 Å². The molecule has 1 unspecified atom stereocenters. The van der Waals surface area contributed by atoms with Crippen molar-refractivity contribution in [1.29, 1.82) is 0 Å². The fraction of sp³-hybridized carbons (Fsp3) is 0.462. The lowest BCUT2D eigenvalue weighted by Crippen LogP contribution is -2.33. The van der Waals surface area contributed by atoms with E-state index in [1.165, 1.54) is 0 Å². The molecule has 1 aliphatic carbocycles. The third-order valence-electron chi connectivity index (χ3n) is 3.22. The van der Waals surface area contributed by atoms with Crippen molar-refractivity contribution in [1.82, 2.24) is 4.72 Å². The van der Waals surface area contributed by atoms with Crippen LogP contribution in [-0.4, -0.2) is 25.5 Å². The average Bonchev–Trinajstić information content (AvgIpc) is 3.11. The molecule has 0 saturated heterocycles. The van der Waals surface area contributed by atoms with Crippen LogP contribution in [0.3, 0.4) is 0 Å². The lowest BCUT2D eigenvalue weighted by molar-refractivity contribution is 0.0691. The van der Waals surface area contributed by atoms with E-state index in [2.05, 4.69) is 4.72 Å². The summed E-state index contributed by atoms with van der Waals surface area (Å²) in [5.74, 6) is -1.89. The second-order valence-corrected chi connectivity index (χ2v) is 6.86. The zero-order valence-electron chi connectivity index (χ0n) is 11.0. The molecule has 5 nitrogen and oxygen atoms in total. The minimum absolute atomic E-state index is 0.231. The van der Waals surface area contributed by atoms with Gasteiger partial charge in [0.15, 0.2) is 0 Å². The second-order valence-electron chi connectivity index (χ2n) is 5.15. The number of carboxylic acids is 1. The molecule has 0 aliphatic heterocycles. The van der Waals surface area contributed by atoms with Gasteiger partial charge < -0.3 is 5.11 Å². The number of nitrogens with one attached hydrogen (secondary N) is 1. The van der Waals surface area contributed by atoms with Crippen LogP contribution in [-0.2, 0) is 10.0 Å². The van der Waals surface area contributed by atoms with Crippen LogP contribution in [0.2, 0.25) is 0 Å². The normalized spacial score (nSPS) is 16.9. The zero-order valence-corrected chi connectivity index (χ0v) is 11.8. The standard InChI is InChI=1S/C13H16FNO4S/c1-8(6-9-2-3-9)15-20(18,19)10-4-5-12(14)11(7-10)13(16)17/h4-5,7-9,15H,2-3,6H2,1H3,(H,16,17). The van der Waals surface area contributed by atoms with E-state index in [-0.39, 0.29) is 10.9 Å². The number of carboxylic acid groups (broad SMARTS) is 1. The van der Waals surface area contributed by atoms with Crippen molar-refractivity contribution in [2.45, 2.75) is 37.1 Å². The topological polar surface area (TPSA) is 83.5 Å². The molecule has 0 heterocycles. The Morgan fingerprint density at radius 1 is 1.50 bits per heavy atom. The van der Waals surface area contributed by atoms with Crippen LogP contribution in [0.1, 0.15) is 36.5 Å². The molecule has 1 saturated carbocycles. The molecular formula is C13H16FNO4S. The lowest BCUT2D eigenvalue weighted by Gasteiger charge is -2.14. The molecule has 1 aromatic rings. The van der Waals surface area contributed by atoms with Crippen LogP contribution in [0.5, 0.6) is 0 Å². The third-order valence-corrected chi connectivity index (χ3v) is 4.81. The van der Waals surface area contributed by atoms with E-state index in [0.717, 1.165) is 37.5 Å². The van der Waals surface area contributed by atoms with Crippen LogP contribution in [0.4, 0.5) is 4.39 Å². The summed E-state index contributed by atoms with van der Waals surface area (Å²) in [6, 6.07) is 2.52. The number of benzene rings is 1. The van der Waals surface area contributed by atoms with Gasteiger partial charge in [-0.25, -0.2) is 22.3 Å². The van der Waals surface area contributed by atoms with Gasteiger partial charge in [-0.05, 0) is 37.5 Å². The number of hydrogen-bond acceptors (Lipinski definition) is 3. The predicted octanol–water partition coefficient (Wildman–Crippen LogP) is 1.99. The summed E-state index contributed by atoms with van der Waals surface area (Å²) < 4.78 is 39.9. The Labute approximate surface area is 116 Å². The summed E-state index contributed by atoms with van der Waals surface area (Å²) in [6.07, 6.45) is 2.99. The van der Waals surface area contributed by atoms with E-state index in [4.69, 9.17) is 5.11 Å². The first-order chi connectivity index (χ1) is 9.29. The Kier molecular flexibility index (Phi) is 4.10. The van der Waals surface area contributed by atoms with Crippen molar-refractivity contribution in [2.24, 2.45) is 5.92 Å². The van der Waals surface area contributed by atoms with Crippen LogP contribution < -0.4 is 4.72 Å². The third kappa shape index (κ3) is 3.55. The number of sulfonamides is 1. The van der Waals surface area contributed by atoms with Crippen LogP contribution in [0, 0.1) is 11.7 Å². The van der Waals surface area contributed by atoms with E-state index >= 15 is 0 Å². The summed E-state index contributed by atoms with van der Waals surface area (Å²) in [7, 11) is -3.83. The highest BCUT2D eigenvalue weighted by molar-refractivity contribution is 7.89. The van der Waals surface area contributed by atoms with E-state index < -0.39 is 27.4 Å². The highest BCUT2D eigenvalue weighted by atomic mass is 32.2. The molecule has 20 heavy (non-hydrogen) atoms. The SMILES string of the molecule is CC(CC1CC1)NS(=O)(=O)c1ccc(F)c(C(=O)O)c1. The fourth-order valence-electron chi connectivity index (χ4n) is 2.07. The average molecular weight is 301 g/mol. The number of halogens is 1. The van der Waals surface area contributed by atoms with Crippen molar-refractivity contribution >= 4 is 16.0 Å². The van der Waals surface area contributed by atoms with Gasteiger partial charge in [0.1, 0.15) is 5.82 Å². The molecule has 2 rings (SSSR count). The van der Waals surface area contributed by atoms with Crippen LogP contribution in [0.15, 0.2) is 23.1 Å². The first kappa shape index (κ1) is 14.9. The van der Waals surface area contributed by atoms with E-state index in [1.54, 1.807) is 6.92 Å². The maximum absolute atomic E-state index is 13.3. The molecule has 1 fully saturated rings. The summed E-state index contributed by atoms with van der Waals surface area (Å²) in [4.78, 5) is 10.6. The molecule has 110 valence electrons. The minimum atomic E-state index is -3.83. The van der Waals surface area contributed by atoms with Crippen molar-refractivity contribution < 1.29 is 22.7 Å². The van der Waals surface area contributed by atoms with Crippen molar-refractivity contribution in [3.8, 4) is 0 Å². The summed E-state index contributed by atoms with van der Waals surface area (Å²) in [5.41, 5.74) is -0.650. The van der Waals surface area contributed by atoms with Gasteiger partial charge in [0.2, 0.25) is 10.0 Å². The summed E-state index contributed by atoms with van der Waals surface area (Å²) in [5, 5.41) is 8.81. The van der Waals surface area contributed by atoms with Gasteiger partial charge in [0.25, 0.3) is 0 Å². The maximum Gasteiger partial charge on any atom is 0.338 e. The molecule has 1 aliphatic rings. The monoisotopic (exact) mass is 301 g/mol. The molecule has 0 bridgehead atoms. The first-order valence-electron chi connectivity index (χ1n) is 6.35. The van der Waals surface area contributed by atoms with Crippen LogP contribution >= 0.6 is 0 Å². The van der Waals surface area contributed by atoms with Crippen molar-refractivity contribution in [3.05, 3.63) is 29.6 Å². The molecule has 2 N–H and O–H groups in total. The maximum atomic E-state index is 13.3. The Balaban J connectivity index is 2.19. The second kappa shape index (κ2) is 5.49. The Hall–Kier alpha value is -1.47. The fourth-order valence-corrected chi connectivity index (χ4v) is 3.35. The summed E-state index contributed by atoms with van der Waals surface area (Å²) >= 11 is 0. The van der Waals surface area contributed by atoms with Gasteiger partial charge in [-0.1, -0.05) is 12.8 Å². The minimum Gasteiger partial charge on any atom is -0.478 e. The molecule has 0 amide bonds. The van der Waals surface area contributed by atoms with Gasteiger partial charge in [0, 0.05) is 6.04 Å². The van der Waals surface area contributed by atoms with E-state index in [9.17, 15) is 17.6 Å². The van der Waals surface area contributed by atoms with E-state index in [1.807, 2.05) is 0 Å².